The van der Waals surface area contributed by atoms with Crippen LogP contribution in [-0.4, -0.2) is 20.0 Å². The Morgan fingerprint density at radius 1 is 0.707 bits per heavy atom. The molecule has 0 radical (unpaired) electrons. The summed E-state index contributed by atoms with van der Waals surface area (Å²) in [6.45, 7) is 12.8. The third-order valence-electron chi connectivity index (χ3n) is 7.73. The number of fused-ring (bicyclic) bond motifs is 1. The Morgan fingerprint density at radius 2 is 1.20 bits per heavy atom. The summed E-state index contributed by atoms with van der Waals surface area (Å²) >= 11 is 0. The standard InChI is InChI=1S/C36H39N3O2/c1-35(2,3)28-20-27(21-29(33(28)41)36(4,5)6)32(40)23-39-31-15-11-10-14-30(31)38(34(39)37)22-24-16-18-26(19-17-24)25-12-8-7-9-13-25/h7-21,37,41H,22-23H2,1-6H3. The lowest BCUT2D eigenvalue weighted by atomic mass is 9.78. The fourth-order valence-corrected chi connectivity index (χ4v) is 5.40. The van der Waals surface area contributed by atoms with E-state index in [9.17, 15) is 9.90 Å². The van der Waals surface area contributed by atoms with Crippen LogP contribution in [0.25, 0.3) is 22.2 Å². The molecule has 0 aliphatic rings. The number of para-hydroxylation sites is 2. The van der Waals surface area contributed by atoms with Crippen LogP contribution in [0.3, 0.4) is 0 Å². The van der Waals surface area contributed by atoms with Crippen LogP contribution in [-0.2, 0) is 23.9 Å². The fraction of sp³-hybridized carbons (Fsp3) is 0.278. The number of hydrogen-bond acceptors (Lipinski definition) is 3. The molecule has 0 saturated heterocycles. The Labute approximate surface area is 242 Å². The number of Topliss-reactive ketones (excluding diaryl/α,β-unsaturated/α-hetero) is 1. The second-order valence-electron chi connectivity index (χ2n) is 12.9. The van der Waals surface area contributed by atoms with Gasteiger partial charge in [-0.3, -0.25) is 10.2 Å². The van der Waals surface area contributed by atoms with Crippen LogP contribution in [0.15, 0.2) is 91.0 Å². The molecule has 2 N–H and O–H groups in total. The van der Waals surface area contributed by atoms with Gasteiger partial charge in [-0.05, 0) is 51.8 Å². The molecule has 0 fully saturated rings. The number of nitrogens with zero attached hydrogens (tertiary/aromatic N) is 2. The minimum atomic E-state index is -0.333. The zero-order chi connectivity index (χ0) is 29.5. The number of carbonyl (C=O) groups is 1. The Morgan fingerprint density at radius 3 is 1.73 bits per heavy atom. The van der Waals surface area contributed by atoms with E-state index in [1.807, 2.05) is 101 Å². The number of benzene rings is 4. The van der Waals surface area contributed by atoms with E-state index < -0.39 is 0 Å². The predicted octanol–water partition coefficient (Wildman–Crippen LogP) is 7.82. The van der Waals surface area contributed by atoms with E-state index in [1.54, 1.807) is 4.57 Å². The van der Waals surface area contributed by atoms with Crippen molar-refractivity contribution in [3.63, 3.8) is 0 Å². The number of phenolic OH excluding ortho intramolecular Hbond substituents is 1. The molecule has 0 saturated carbocycles. The molecule has 5 nitrogen and oxygen atoms in total. The molecule has 41 heavy (non-hydrogen) atoms. The van der Waals surface area contributed by atoms with Crippen molar-refractivity contribution in [1.29, 1.82) is 5.41 Å². The molecular formula is C36H39N3O2. The fourth-order valence-electron chi connectivity index (χ4n) is 5.40. The lowest BCUT2D eigenvalue weighted by Crippen LogP contribution is -2.28. The van der Waals surface area contributed by atoms with E-state index in [0.29, 0.717) is 12.1 Å². The third kappa shape index (κ3) is 5.62. The van der Waals surface area contributed by atoms with Crippen molar-refractivity contribution >= 4 is 16.8 Å². The zero-order valence-electron chi connectivity index (χ0n) is 24.8. The van der Waals surface area contributed by atoms with E-state index in [4.69, 9.17) is 5.41 Å². The number of ketones is 1. The molecule has 0 unspecified atom stereocenters. The summed E-state index contributed by atoms with van der Waals surface area (Å²) in [5, 5.41) is 20.2. The Balaban J connectivity index is 1.51. The van der Waals surface area contributed by atoms with Gasteiger partial charge in [0.1, 0.15) is 5.75 Å². The summed E-state index contributed by atoms with van der Waals surface area (Å²) in [6, 6.07) is 30.2. The Bertz CT molecular complexity index is 1740. The quantitative estimate of drug-likeness (QED) is 0.214. The molecule has 210 valence electrons. The lowest BCUT2D eigenvalue weighted by molar-refractivity contribution is 0.0971. The molecule has 1 heterocycles. The zero-order valence-corrected chi connectivity index (χ0v) is 24.8. The number of hydrogen-bond donors (Lipinski definition) is 2. The van der Waals surface area contributed by atoms with Gasteiger partial charge in [-0.15, -0.1) is 0 Å². The van der Waals surface area contributed by atoms with Gasteiger partial charge in [-0.2, -0.15) is 0 Å². The molecule has 0 aliphatic heterocycles. The van der Waals surface area contributed by atoms with Gasteiger partial charge in [0, 0.05) is 16.7 Å². The van der Waals surface area contributed by atoms with Crippen molar-refractivity contribution in [3.05, 3.63) is 119 Å². The Hall–Kier alpha value is -4.38. The molecule has 4 aromatic carbocycles. The highest BCUT2D eigenvalue weighted by Gasteiger charge is 2.28. The average molecular weight is 546 g/mol. The molecule has 0 spiro atoms. The predicted molar refractivity (Wildman–Crippen MR) is 167 cm³/mol. The van der Waals surface area contributed by atoms with Gasteiger partial charge >= 0.3 is 0 Å². The first-order chi connectivity index (χ1) is 19.3. The van der Waals surface area contributed by atoms with Gasteiger partial charge in [0.2, 0.25) is 5.62 Å². The van der Waals surface area contributed by atoms with Gasteiger partial charge in [-0.25, -0.2) is 0 Å². The Kier molecular flexibility index (Phi) is 7.24. The van der Waals surface area contributed by atoms with Crippen molar-refractivity contribution in [2.45, 2.75) is 65.5 Å². The van der Waals surface area contributed by atoms with Crippen molar-refractivity contribution < 1.29 is 9.90 Å². The van der Waals surface area contributed by atoms with Crippen molar-refractivity contribution in [2.24, 2.45) is 0 Å². The van der Waals surface area contributed by atoms with E-state index in [1.165, 1.54) is 5.56 Å². The highest BCUT2D eigenvalue weighted by molar-refractivity contribution is 5.97. The molecule has 5 heteroatoms. The van der Waals surface area contributed by atoms with Crippen LogP contribution in [0, 0.1) is 5.41 Å². The molecule has 5 aromatic rings. The highest BCUT2D eigenvalue weighted by Crippen LogP contribution is 2.40. The molecule has 5 rings (SSSR count). The van der Waals surface area contributed by atoms with Gasteiger partial charge in [0.25, 0.3) is 0 Å². The first-order valence-corrected chi connectivity index (χ1v) is 14.1. The second kappa shape index (κ2) is 10.5. The van der Waals surface area contributed by atoms with Crippen LogP contribution in [0.2, 0.25) is 0 Å². The minimum Gasteiger partial charge on any atom is -0.507 e. The summed E-state index contributed by atoms with van der Waals surface area (Å²) in [5.74, 6) is 0.167. The molecular weight excluding hydrogens is 506 g/mol. The average Bonchev–Trinajstić information content (AvgIpc) is 3.18. The van der Waals surface area contributed by atoms with Gasteiger partial charge in [-0.1, -0.05) is 108 Å². The highest BCUT2D eigenvalue weighted by atomic mass is 16.3. The maximum Gasteiger partial charge on any atom is 0.203 e. The lowest BCUT2D eigenvalue weighted by Gasteiger charge is -2.28. The first-order valence-electron chi connectivity index (χ1n) is 14.1. The number of aromatic nitrogens is 2. The molecule has 0 atom stereocenters. The van der Waals surface area contributed by atoms with Crippen LogP contribution < -0.4 is 5.62 Å². The topological polar surface area (TPSA) is 71.0 Å². The van der Waals surface area contributed by atoms with Gasteiger partial charge in [0.05, 0.1) is 24.1 Å². The normalized spacial score (nSPS) is 12.1. The van der Waals surface area contributed by atoms with E-state index in [2.05, 4.69) is 36.4 Å². The summed E-state index contributed by atoms with van der Waals surface area (Å²) < 4.78 is 3.74. The van der Waals surface area contributed by atoms with Crippen LogP contribution in [0.4, 0.5) is 0 Å². The maximum atomic E-state index is 13.8. The molecule has 0 bridgehead atoms. The van der Waals surface area contributed by atoms with Crippen molar-refractivity contribution in [1.82, 2.24) is 9.13 Å². The largest absolute Gasteiger partial charge is 0.507 e. The summed E-state index contributed by atoms with van der Waals surface area (Å²) in [4.78, 5) is 13.8. The van der Waals surface area contributed by atoms with Crippen LogP contribution >= 0.6 is 0 Å². The molecule has 1 aromatic heterocycles. The van der Waals surface area contributed by atoms with E-state index in [-0.39, 0.29) is 34.5 Å². The minimum absolute atomic E-state index is 0.0389. The van der Waals surface area contributed by atoms with E-state index >= 15 is 0 Å². The van der Waals surface area contributed by atoms with Crippen LogP contribution in [0.5, 0.6) is 5.75 Å². The number of imidazole rings is 1. The van der Waals surface area contributed by atoms with E-state index in [0.717, 1.165) is 33.3 Å². The summed E-state index contributed by atoms with van der Waals surface area (Å²) in [6.07, 6.45) is 0. The SMILES string of the molecule is CC(C)(C)c1cc(C(=O)Cn2c(=N)n(Cc3ccc(-c4ccccc4)cc3)c3ccccc32)cc(C(C)(C)C)c1O. The number of aromatic hydroxyl groups is 1. The number of carbonyl (C=O) groups excluding carboxylic acids is 1. The van der Waals surface area contributed by atoms with Crippen molar-refractivity contribution in [2.75, 3.05) is 0 Å². The number of nitrogens with one attached hydrogen (secondary N) is 1. The summed E-state index contributed by atoms with van der Waals surface area (Å²) in [7, 11) is 0. The van der Waals surface area contributed by atoms with Crippen molar-refractivity contribution in [3.8, 4) is 16.9 Å². The van der Waals surface area contributed by atoms with Crippen LogP contribution in [0.1, 0.15) is 68.6 Å². The number of rotatable bonds is 6. The monoisotopic (exact) mass is 545 g/mol. The first kappa shape index (κ1) is 28.2. The van der Waals surface area contributed by atoms with Gasteiger partial charge < -0.3 is 14.2 Å². The third-order valence-corrected chi connectivity index (χ3v) is 7.73. The van der Waals surface area contributed by atoms with Gasteiger partial charge in [0.15, 0.2) is 5.78 Å². The molecule has 0 aliphatic carbocycles. The summed E-state index contributed by atoms with van der Waals surface area (Å²) in [5.41, 5.74) is 6.83. The smallest absolute Gasteiger partial charge is 0.203 e. The second-order valence-corrected chi connectivity index (χ2v) is 12.9. The number of phenols is 1. The maximum absolute atomic E-state index is 13.8. The molecule has 0 amide bonds.